The Labute approximate surface area is 244 Å². The maximum absolute atomic E-state index is 16.4. The molecule has 0 aromatic heterocycles. The maximum Gasteiger partial charge on any atom is 0.412 e. The molecule has 2 N–H and O–H groups in total. The van der Waals surface area contributed by atoms with Crippen LogP contribution in [0, 0.1) is 5.82 Å². The van der Waals surface area contributed by atoms with E-state index in [2.05, 4.69) is 0 Å². The Bertz CT molecular complexity index is 1460. The SMILES string of the molecule is CCCCN(C[C@H]1Cc2c(cc(OCc3ccccc3)c(N3CC(=O)NS3(=O)=O)c2F)N1C(=O)O)C(=O)OC(C)(C)C. The molecule has 14 heteroatoms. The molecule has 1 atom stereocenters. The van der Waals surface area contributed by atoms with Gasteiger partial charge in [0.05, 0.1) is 11.7 Å². The summed E-state index contributed by atoms with van der Waals surface area (Å²) in [5.41, 5.74) is -0.694. The van der Waals surface area contributed by atoms with Crippen LogP contribution in [0.4, 0.5) is 25.4 Å². The summed E-state index contributed by atoms with van der Waals surface area (Å²) in [7, 11) is -4.42. The Morgan fingerprint density at radius 3 is 2.48 bits per heavy atom. The first-order valence-corrected chi connectivity index (χ1v) is 15.0. The van der Waals surface area contributed by atoms with E-state index in [9.17, 15) is 27.9 Å². The lowest BCUT2D eigenvalue weighted by molar-refractivity contribution is -0.117. The molecule has 0 radical (unpaired) electrons. The summed E-state index contributed by atoms with van der Waals surface area (Å²) in [6.45, 7) is 6.56. The highest BCUT2D eigenvalue weighted by Gasteiger charge is 2.44. The molecule has 228 valence electrons. The van der Waals surface area contributed by atoms with Gasteiger partial charge in [-0.05, 0) is 32.8 Å². The molecule has 2 heterocycles. The number of fused-ring (bicyclic) bond motifs is 1. The fraction of sp³-hybridized carbons (Fsp3) is 0.464. The highest BCUT2D eigenvalue weighted by atomic mass is 32.2. The number of carboxylic acid groups (broad SMARTS) is 1. The second kappa shape index (κ2) is 12.0. The topological polar surface area (TPSA) is 146 Å². The van der Waals surface area contributed by atoms with Crippen LogP contribution in [0.5, 0.6) is 5.75 Å². The zero-order valence-electron chi connectivity index (χ0n) is 23.9. The summed E-state index contributed by atoms with van der Waals surface area (Å²) >= 11 is 0. The smallest absolute Gasteiger partial charge is 0.412 e. The van der Waals surface area contributed by atoms with Crippen LogP contribution < -0.4 is 18.7 Å². The molecule has 0 saturated carbocycles. The second-order valence-electron chi connectivity index (χ2n) is 11.1. The number of ether oxygens (including phenoxy) is 2. The summed E-state index contributed by atoms with van der Waals surface area (Å²) in [4.78, 5) is 39.9. The van der Waals surface area contributed by atoms with Crippen molar-refractivity contribution in [2.75, 3.05) is 28.8 Å². The van der Waals surface area contributed by atoms with Gasteiger partial charge < -0.3 is 19.5 Å². The average molecular weight is 607 g/mol. The Balaban J connectivity index is 1.76. The Hall–Kier alpha value is -4.07. The number of carbonyl (C=O) groups excluding carboxylic acids is 2. The van der Waals surface area contributed by atoms with Crippen LogP contribution in [0.2, 0.25) is 0 Å². The molecule has 2 aliphatic rings. The van der Waals surface area contributed by atoms with E-state index in [-0.39, 0.29) is 36.6 Å². The van der Waals surface area contributed by atoms with Crippen molar-refractivity contribution in [1.29, 1.82) is 0 Å². The van der Waals surface area contributed by atoms with E-state index >= 15 is 4.39 Å². The first-order valence-electron chi connectivity index (χ1n) is 13.6. The summed E-state index contributed by atoms with van der Waals surface area (Å²) in [6.07, 6.45) is -0.761. The van der Waals surface area contributed by atoms with Crippen molar-refractivity contribution in [2.24, 2.45) is 0 Å². The molecule has 12 nitrogen and oxygen atoms in total. The molecule has 4 rings (SSSR count). The number of halogens is 1. The number of benzene rings is 2. The van der Waals surface area contributed by atoms with Gasteiger partial charge in [-0.2, -0.15) is 8.42 Å². The molecular weight excluding hydrogens is 571 g/mol. The number of nitrogens with one attached hydrogen (secondary N) is 1. The number of carbonyl (C=O) groups is 3. The molecule has 2 aromatic carbocycles. The average Bonchev–Trinajstić information content (AvgIpc) is 3.39. The van der Waals surface area contributed by atoms with Gasteiger partial charge in [-0.1, -0.05) is 43.7 Å². The number of hydrogen-bond acceptors (Lipinski definition) is 7. The van der Waals surface area contributed by atoms with E-state index in [4.69, 9.17) is 9.47 Å². The zero-order chi connectivity index (χ0) is 30.8. The minimum Gasteiger partial charge on any atom is -0.487 e. The standard InChI is InChI=1S/C28H35FN4O8S/c1-5-6-12-31(27(37)41-28(2,3)4)15-19-13-20-21(33(19)26(35)36)14-22(40-17-18-10-8-7-9-11-18)25(24(20)29)32-16-23(34)30-42(32,38)39/h7-11,14,19H,5-6,12-13,15-17H2,1-4H3,(H,30,34)(H,35,36)/t19-/m1/s1. The molecule has 0 bridgehead atoms. The molecular formula is C28H35FN4O8S. The van der Waals surface area contributed by atoms with Crippen LogP contribution in [0.15, 0.2) is 36.4 Å². The maximum atomic E-state index is 16.4. The van der Waals surface area contributed by atoms with Gasteiger partial charge in [0.25, 0.3) is 5.91 Å². The van der Waals surface area contributed by atoms with Crippen molar-refractivity contribution < 1.29 is 41.8 Å². The molecule has 3 amide bonds. The van der Waals surface area contributed by atoms with Crippen LogP contribution in [-0.2, 0) is 32.8 Å². The summed E-state index contributed by atoms with van der Waals surface area (Å²) in [6, 6.07) is 9.20. The normalized spacial score (nSPS) is 17.5. The van der Waals surface area contributed by atoms with Crippen molar-refractivity contribution in [3.63, 3.8) is 0 Å². The monoisotopic (exact) mass is 606 g/mol. The van der Waals surface area contributed by atoms with Crippen molar-refractivity contribution >= 4 is 39.7 Å². The molecule has 2 aromatic rings. The predicted molar refractivity (Wildman–Crippen MR) is 152 cm³/mol. The number of rotatable bonds is 9. The molecule has 0 aliphatic carbocycles. The molecule has 2 aliphatic heterocycles. The lowest BCUT2D eigenvalue weighted by Gasteiger charge is -2.31. The van der Waals surface area contributed by atoms with E-state index in [0.717, 1.165) is 11.3 Å². The number of unbranched alkanes of at least 4 members (excludes halogenated alkanes) is 1. The van der Waals surface area contributed by atoms with E-state index in [0.29, 0.717) is 22.8 Å². The van der Waals surface area contributed by atoms with Gasteiger partial charge in [-0.15, -0.1) is 0 Å². The number of hydrogen-bond donors (Lipinski definition) is 2. The minimum atomic E-state index is -4.42. The van der Waals surface area contributed by atoms with Crippen molar-refractivity contribution in [1.82, 2.24) is 9.62 Å². The Morgan fingerprint density at radius 2 is 1.90 bits per heavy atom. The summed E-state index contributed by atoms with van der Waals surface area (Å²) in [5, 5.41) is 10.2. The van der Waals surface area contributed by atoms with E-state index in [1.807, 2.05) is 11.6 Å². The Kier molecular flexibility index (Phi) is 8.85. The molecule has 1 saturated heterocycles. The van der Waals surface area contributed by atoms with Crippen LogP contribution in [-0.4, -0.2) is 67.8 Å². The fourth-order valence-electron chi connectivity index (χ4n) is 4.89. The lowest BCUT2D eigenvalue weighted by atomic mass is 10.1. The van der Waals surface area contributed by atoms with Crippen molar-refractivity contribution in [3.05, 3.63) is 53.3 Å². The summed E-state index contributed by atoms with van der Waals surface area (Å²) in [5.74, 6) is -2.13. The lowest BCUT2D eigenvalue weighted by Crippen LogP contribution is -2.48. The highest BCUT2D eigenvalue weighted by molar-refractivity contribution is 7.92. The first kappa shape index (κ1) is 30.9. The first-order chi connectivity index (χ1) is 19.7. The van der Waals surface area contributed by atoms with Gasteiger partial charge in [0.1, 0.15) is 30.2 Å². The highest BCUT2D eigenvalue weighted by Crippen LogP contribution is 2.45. The largest absolute Gasteiger partial charge is 0.487 e. The number of anilines is 2. The zero-order valence-corrected chi connectivity index (χ0v) is 24.7. The fourth-order valence-corrected chi connectivity index (χ4v) is 6.05. The minimum absolute atomic E-state index is 0.0349. The van der Waals surface area contributed by atoms with E-state index < -0.39 is 58.0 Å². The van der Waals surface area contributed by atoms with Gasteiger partial charge in [-0.25, -0.2) is 23.0 Å². The van der Waals surface area contributed by atoms with Crippen molar-refractivity contribution in [2.45, 2.75) is 65.2 Å². The van der Waals surface area contributed by atoms with Gasteiger partial charge in [0.15, 0.2) is 5.82 Å². The third-order valence-corrected chi connectivity index (χ3v) is 8.10. The molecule has 0 unspecified atom stereocenters. The van der Waals surface area contributed by atoms with Crippen LogP contribution in [0.3, 0.4) is 0 Å². The third kappa shape index (κ3) is 6.69. The summed E-state index contributed by atoms with van der Waals surface area (Å²) < 4.78 is 55.6. The van der Waals surface area contributed by atoms with Crippen LogP contribution >= 0.6 is 0 Å². The van der Waals surface area contributed by atoms with E-state index in [1.54, 1.807) is 51.1 Å². The van der Waals surface area contributed by atoms with Crippen molar-refractivity contribution in [3.8, 4) is 5.75 Å². The van der Waals surface area contributed by atoms with Gasteiger partial charge in [0, 0.05) is 31.1 Å². The van der Waals surface area contributed by atoms with Gasteiger partial charge in [0.2, 0.25) is 0 Å². The molecule has 0 spiro atoms. The van der Waals surface area contributed by atoms with Gasteiger partial charge in [-0.3, -0.25) is 9.69 Å². The van der Waals surface area contributed by atoms with Crippen LogP contribution in [0.25, 0.3) is 0 Å². The third-order valence-electron chi connectivity index (χ3n) is 6.72. The predicted octanol–water partition coefficient (Wildman–Crippen LogP) is 4.03. The molecule has 42 heavy (non-hydrogen) atoms. The van der Waals surface area contributed by atoms with E-state index in [1.165, 1.54) is 11.0 Å². The van der Waals surface area contributed by atoms with Crippen LogP contribution in [0.1, 0.15) is 51.7 Å². The van der Waals surface area contributed by atoms with Gasteiger partial charge >= 0.3 is 22.4 Å². The number of amides is 3. The number of nitrogens with zero attached hydrogens (tertiary/aromatic N) is 3. The quantitative estimate of drug-likeness (QED) is 0.435. The second-order valence-corrected chi connectivity index (χ2v) is 12.7. The Morgan fingerprint density at radius 1 is 1.21 bits per heavy atom. The molecule has 1 fully saturated rings.